The molecule has 3 fully saturated rings. The molecule has 0 spiro atoms. The van der Waals surface area contributed by atoms with Gasteiger partial charge in [0.25, 0.3) is 5.91 Å². The Labute approximate surface area is 279 Å². The Morgan fingerprint density at radius 1 is 1.00 bits per heavy atom. The average molecular weight is 663 g/mol. The second kappa shape index (κ2) is 11.8. The largest absolute Gasteiger partial charge is 0.453 e. The number of anilines is 2. The number of aryl methyl sites for hydroxylation is 1. The third-order valence-corrected chi connectivity index (χ3v) is 10.6. The van der Waals surface area contributed by atoms with E-state index in [1.54, 1.807) is 28.1 Å². The molecule has 2 aromatic heterocycles. The van der Waals surface area contributed by atoms with Crippen LogP contribution in [0.1, 0.15) is 22.3 Å². The highest BCUT2D eigenvalue weighted by atomic mass is 32.1. The first-order valence-electron chi connectivity index (χ1n) is 15.8. The first kappa shape index (κ1) is 30.2. The van der Waals surface area contributed by atoms with Gasteiger partial charge in [0.15, 0.2) is 11.6 Å². The van der Waals surface area contributed by atoms with Crippen LogP contribution in [0.25, 0.3) is 20.7 Å². The van der Waals surface area contributed by atoms with Crippen molar-refractivity contribution in [1.29, 1.82) is 0 Å². The van der Waals surface area contributed by atoms with Gasteiger partial charge in [-0.1, -0.05) is 29.8 Å². The van der Waals surface area contributed by atoms with E-state index in [4.69, 9.17) is 9.47 Å². The first-order chi connectivity index (χ1) is 23.3. The molecule has 2 atom stereocenters. The number of fused-ring (bicyclic) bond motifs is 2. The maximum atomic E-state index is 15.4. The number of pyridine rings is 1. The van der Waals surface area contributed by atoms with E-state index in [2.05, 4.69) is 10.3 Å². The minimum atomic E-state index is -1.12. The number of nitrogens with one attached hydrogen (secondary N) is 1. The van der Waals surface area contributed by atoms with Crippen LogP contribution in [0.15, 0.2) is 85.1 Å². The highest BCUT2D eigenvalue weighted by Gasteiger charge is 2.71. The third kappa shape index (κ3) is 5.29. The number of morpholine rings is 1. The van der Waals surface area contributed by atoms with E-state index in [0.29, 0.717) is 56.1 Å². The Hall–Kier alpha value is -5.13. The van der Waals surface area contributed by atoms with E-state index in [-0.39, 0.29) is 29.2 Å². The van der Waals surface area contributed by atoms with Crippen LogP contribution in [0.2, 0.25) is 0 Å². The Morgan fingerprint density at radius 3 is 2.52 bits per heavy atom. The van der Waals surface area contributed by atoms with Crippen LogP contribution < -0.4 is 15.0 Å². The zero-order chi connectivity index (χ0) is 33.0. The van der Waals surface area contributed by atoms with Crippen molar-refractivity contribution in [3.63, 3.8) is 0 Å². The summed E-state index contributed by atoms with van der Waals surface area (Å²) in [6.45, 7) is 4.73. The lowest BCUT2D eigenvalue weighted by Gasteiger charge is -2.26. The first-order valence-corrected chi connectivity index (χ1v) is 16.7. The summed E-state index contributed by atoms with van der Waals surface area (Å²) in [5.74, 6) is -0.938. The Balaban J connectivity index is 0.959. The molecule has 3 aliphatic rings. The molecule has 0 bridgehead atoms. The minimum Gasteiger partial charge on any atom is -0.453 e. The van der Waals surface area contributed by atoms with E-state index in [1.165, 1.54) is 23.5 Å². The van der Waals surface area contributed by atoms with E-state index < -0.39 is 17.1 Å². The van der Waals surface area contributed by atoms with Crippen LogP contribution in [0.3, 0.4) is 0 Å². The van der Waals surface area contributed by atoms with Crippen molar-refractivity contribution in [3.8, 4) is 21.9 Å². The number of carbonyl (C=O) groups is 3. The van der Waals surface area contributed by atoms with Crippen LogP contribution >= 0.6 is 11.3 Å². The summed E-state index contributed by atoms with van der Waals surface area (Å²) in [5, 5.41) is 2.77. The van der Waals surface area contributed by atoms with Gasteiger partial charge in [-0.3, -0.25) is 19.4 Å². The standard InChI is InChI=1S/C37H31FN4O5S/c1-22-2-9-27(10-3-22)42-21-25-20-37(25,36(42)45)35(44)40-26-8-11-30(28(38)18-26)47-31-12-13-39-29-19-32(48-33(29)31)23-4-6-24(7-5-23)34(43)41-14-16-46-17-15-41/h2-13,18-19,25H,14-17,20-21H2,1H3,(H,40,44). The molecule has 1 saturated carbocycles. The van der Waals surface area contributed by atoms with Gasteiger partial charge in [-0.05, 0) is 61.4 Å². The van der Waals surface area contributed by atoms with Crippen molar-refractivity contribution in [2.75, 3.05) is 43.1 Å². The number of hydrogen-bond acceptors (Lipinski definition) is 7. The van der Waals surface area contributed by atoms with Gasteiger partial charge < -0.3 is 24.6 Å². The van der Waals surface area contributed by atoms with Crippen LogP contribution in [0.5, 0.6) is 11.5 Å². The molecule has 1 aliphatic carbocycles. The zero-order valence-electron chi connectivity index (χ0n) is 26.1. The fourth-order valence-electron chi connectivity index (χ4n) is 6.56. The maximum absolute atomic E-state index is 15.4. The molecule has 8 rings (SSSR count). The molecule has 1 N–H and O–H groups in total. The molecule has 242 valence electrons. The molecule has 9 nitrogen and oxygen atoms in total. The number of ether oxygens (including phenoxy) is 2. The van der Waals surface area contributed by atoms with Gasteiger partial charge >= 0.3 is 0 Å². The second-order valence-electron chi connectivity index (χ2n) is 12.4. The molecule has 4 heterocycles. The smallest absolute Gasteiger partial charge is 0.254 e. The summed E-state index contributed by atoms with van der Waals surface area (Å²) in [4.78, 5) is 48.4. The summed E-state index contributed by atoms with van der Waals surface area (Å²) >= 11 is 1.46. The summed E-state index contributed by atoms with van der Waals surface area (Å²) in [7, 11) is 0. The number of carbonyl (C=O) groups excluding carboxylic acids is 3. The lowest BCUT2D eigenvalue weighted by Crippen LogP contribution is -2.40. The lowest BCUT2D eigenvalue weighted by atomic mass is 10.0. The number of hydrogen-bond donors (Lipinski definition) is 1. The predicted molar refractivity (Wildman–Crippen MR) is 181 cm³/mol. The molecule has 11 heteroatoms. The molecule has 48 heavy (non-hydrogen) atoms. The molecular formula is C37H31FN4O5S. The van der Waals surface area contributed by atoms with Gasteiger partial charge in [0.05, 0.1) is 23.4 Å². The van der Waals surface area contributed by atoms with Crippen LogP contribution in [0.4, 0.5) is 15.8 Å². The lowest BCUT2D eigenvalue weighted by molar-refractivity contribution is -0.131. The SMILES string of the molecule is Cc1ccc(N2CC3CC3(C(=O)Nc3ccc(Oc4ccnc5cc(-c6ccc(C(=O)N7CCOCC7)cc6)sc45)c(F)c3)C2=O)cc1. The summed E-state index contributed by atoms with van der Waals surface area (Å²) in [6, 6.07) is 23.0. The molecule has 0 radical (unpaired) electrons. The average Bonchev–Trinajstić information content (AvgIpc) is 3.55. The molecule has 3 aromatic carbocycles. The molecular weight excluding hydrogens is 631 g/mol. The van der Waals surface area contributed by atoms with E-state index >= 15 is 4.39 Å². The number of thiophene rings is 1. The van der Waals surface area contributed by atoms with E-state index in [1.807, 2.05) is 61.5 Å². The number of benzene rings is 3. The van der Waals surface area contributed by atoms with Crippen molar-refractivity contribution in [3.05, 3.63) is 102 Å². The highest BCUT2D eigenvalue weighted by Crippen LogP contribution is 2.60. The van der Waals surface area contributed by atoms with Crippen LogP contribution in [0, 0.1) is 24.1 Å². The minimum absolute atomic E-state index is 0.00798. The van der Waals surface area contributed by atoms with Crippen molar-refractivity contribution >= 4 is 50.6 Å². The number of nitrogens with zero attached hydrogens (tertiary/aromatic N) is 3. The van der Waals surface area contributed by atoms with Crippen LogP contribution in [-0.2, 0) is 14.3 Å². The van der Waals surface area contributed by atoms with Crippen LogP contribution in [-0.4, -0.2) is 60.5 Å². The monoisotopic (exact) mass is 662 g/mol. The Morgan fingerprint density at radius 2 is 1.77 bits per heavy atom. The Bertz CT molecular complexity index is 2080. The van der Waals surface area contributed by atoms with Crippen molar-refractivity contribution < 1.29 is 28.2 Å². The van der Waals surface area contributed by atoms with Gasteiger partial charge in [-0.2, -0.15) is 0 Å². The van der Waals surface area contributed by atoms with Crippen molar-refractivity contribution in [2.45, 2.75) is 13.3 Å². The number of piperidine rings is 1. The van der Waals surface area contributed by atoms with Crippen molar-refractivity contribution in [1.82, 2.24) is 9.88 Å². The fourth-order valence-corrected chi connectivity index (χ4v) is 7.64. The number of halogens is 1. The van der Waals surface area contributed by atoms with Gasteiger partial charge in [0.2, 0.25) is 11.8 Å². The Kier molecular flexibility index (Phi) is 7.45. The van der Waals surface area contributed by atoms with E-state index in [9.17, 15) is 14.4 Å². The number of aromatic nitrogens is 1. The predicted octanol–water partition coefficient (Wildman–Crippen LogP) is 6.67. The van der Waals surface area contributed by atoms with Gasteiger partial charge in [-0.15, -0.1) is 11.3 Å². The molecule has 2 saturated heterocycles. The third-order valence-electron chi connectivity index (χ3n) is 9.39. The summed E-state index contributed by atoms with van der Waals surface area (Å²) < 4.78 is 27.5. The van der Waals surface area contributed by atoms with Gasteiger partial charge in [0.1, 0.15) is 11.2 Å². The topological polar surface area (TPSA) is 101 Å². The number of rotatable bonds is 7. The molecule has 2 aliphatic heterocycles. The van der Waals surface area contributed by atoms with E-state index in [0.717, 1.165) is 26.4 Å². The molecule has 2 unspecified atom stereocenters. The molecule has 5 aromatic rings. The normalized spacial score (nSPS) is 20.1. The fraction of sp³-hybridized carbons (Fsp3) is 0.243. The zero-order valence-corrected chi connectivity index (χ0v) is 26.9. The number of amides is 3. The van der Waals surface area contributed by atoms with Gasteiger partial charge in [-0.25, -0.2) is 4.39 Å². The van der Waals surface area contributed by atoms with Gasteiger partial charge in [0, 0.05) is 65.7 Å². The maximum Gasteiger partial charge on any atom is 0.254 e. The quantitative estimate of drug-likeness (QED) is 0.196. The molecule has 3 amide bonds. The highest BCUT2D eigenvalue weighted by molar-refractivity contribution is 7.22. The summed E-state index contributed by atoms with van der Waals surface area (Å²) in [6.07, 6.45) is 2.09. The second-order valence-corrected chi connectivity index (χ2v) is 13.5. The van der Waals surface area contributed by atoms with Crippen molar-refractivity contribution in [2.24, 2.45) is 11.3 Å². The summed E-state index contributed by atoms with van der Waals surface area (Å²) in [5.41, 5.74) is 3.24.